The number of piperazine rings is 1. The quantitative estimate of drug-likeness (QED) is 0.495. The minimum Gasteiger partial charge on any atom is -0.371 e. The number of hydrogen-bond acceptors (Lipinski definition) is 7. The summed E-state index contributed by atoms with van der Waals surface area (Å²) in [6, 6.07) is 16.5. The summed E-state index contributed by atoms with van der Waals surface area (Å²) in [5.41, 5.74) is 2.04. The Hall–Kier alpha value is -3.63. The van der Waals surface area contributed by atoms with Crippen LogP contribution in [0.4, 0.5) is 17.2 Å². The average Bonchev–Trinajstić information content (AvgIpc) is 2.88. The molecule has 0 aliphatic carbocycles. The molecule has 0 saturated carbocycles. The zero-order chi connectivity index (χ0) is 26.0. The summed E-state index contributed by atoms with van der Waals surface area (Å²) in [7, 11) is -3.60. The van der Waals surface area contributed by atoms with E-state index in [1.807, 2.05) is 18.2 Å². The Balaban J connectivity index is 1.22. The van der Waals surface area contributed by atoms with Crippen LogP contribution in [0.5, 0.6) is 0 Å². The van der Waals surface area contributed by atoms with Crippen molar-refractivity contribution in [3.63, 3.8) is 0 Å². The molecule has 0 bridgehead atoms. The summed E-state index contributed by atoms with van der Waals surface area (Å²) in [5.74, 6) is -0.278. The van der Waals surface area contributed by atoms with Gasteiger partial charge in [0.1, 0.15) is 11.9 Å². The van der Waals surface area contributed by atoms with E-state index in [1.165, 1.54) is 0 Å². The zero-order valence-electron chi connectivity index (χ0n) is 19.9. The number of hydrogen-bond donors (Lipinski definition) is 2. The molecule has 192 valence electrons. The lowest BCUT2D eigenvalue weighted by atomic mass is 10.1. The first kappa shape index (κ1) is 25.0. The van der Waals surface area contributed by atoms with Gasteiger partial charge >= 0.3 is 0 Å². The van der Waals surface area contributed by atoms with Gasteiger partial charge in [-0.3, -0.25) is 9.59 Å². The van der Waals surface area contributed by atoms with E-state index in [4.69, 9.17) is 11.6 Å². The Labute approximate surface area is 220 Å². The molecule has 5 rings (SSSR count). The van der Waals surface area contributed by atoms with Crippen LogP contribution in [0.15, 0.2) is 66.9 Å². The Bertz CT molecular complexity index is 1430. The smallest absolute Gasteiger partial charge is 0.254 e. The number of fused-ring (bicyclic) bond motifs is 1. The minimum absolute atomic E-state index is 0.121. The van der Waals surface area contributed by atoms with Gasteiger partial charge in [0.05, 0.1) is 22.9 Å². The predicted molar refractivity (Wildman–Crippen MR) is 144 cm³/mol. The maximum Gasteiger partial charge on any atom is 0.254 e. The first-order valence-corrected chi connectivity index (χ1v) is 14.1. The van der Waals surface area contributed by atoms with E-state index < -0.39 is 21.8 Å². The van der Waals surface area contributed by atoms with Crippen LogP contribution < -0.4 is 15.5 Å². The van der Waals surface area contributed by atoms with Crippen LogP contribution in [-0.2, 0) is 20.4 Å². The van der Waals surface area contributed by atoms with Gasteiger partial charge in [-0.1, -0.05) is 29.8 Å². The van der Waals surface area contributed by atoms with Gasteiger partial charge < -0.3 is 20.4 Å². The summed E-state index contributed by atoms with van der Waals surface area (Å²) < 4.78 is 25.5. The van der Waals surface area contributed by atoms with Gasteiger partial charge in [-0.2, -0.15) is 0 Å². The topological polar surface area (TPSA) is 112 Å². The first-order valence-electron chi connectivity index (χ1n) is 11.9. The molecule has 1 aromatic heterocycles. The van der Waals surface area contributed by atoms with Gasteiger partial charge in [-0.15, -0.1) is 0 Å². The predicted octanol–water partition coefficient (Wildman–Crippen LogP) is 3.05. The number of sulfone groups is 1. The highest BCUT2D eigenvalue weighted by atomic mass is 35.5. The van der Waals surface area contributed by atoms with Crippen molar-refractivity contribution in [2.24, 2.45) is 0 Å². The highest BCUT2D eigenvalue weighted by Crippen LogP contribution is 2.29. The molecule has 2 amide bonds. The molecule has 9 nitrogen and oxygen atoms in total. The second kappa shape index (κ2) is 10.4. The van der Waals surface area contributed by atoms with Gasteiger partial charge in [-0.05, 0) is 48.0 Å². The number of amides is 2. The fourth-order valence-corrected chi connectivity index (χ4v) is 6.31. The molecule has 37 heavy (non-hydrogen) atoms. The number of nitrogens with zero attached hydrogens (tertiary/aromatic N) is 3. The Morgan fingerprint density at radius 1 is 1.00 bits per heavy atom. The van der Waals surface area contributed by atoms with E-state index in [0.29, 0.717) is 53.7 Å². The second-order valence-corrected chi connectivity index (χ2v) is 11.6. The number of benzene rings is 2. The molecule has 2 aromatic carbocycles. The number of carbonyl (C=O) groups is 2. The third-order valence-corrected chi connectivity index (χ3v) is 8.26. The molecule has 2 aliphatic rings. The van der Waals surface area contributed by atoms with Gasteiger partial charge in [0.15, 0.2) is 9.84 Å². The lowest BCUT2D eigenvalue weighted by Crippen LogP contribution is -2.49. The molecule has 2 aliphatic heterocycles. The van der Waals surface area contributed by atoms with E-state index in [-0.39, 0.29) is 17.4 Å². The molecule has 0 spiro atoms. The molecule has 1 saturated heterocycles. The summed E-state index contributed by atoms with van der Waals surface area (Å²) in [6.07, 6.45) is 1.75. The Kier molecular flexibility index (Phi) is 7.03. The lowest BCUT2D eigenvalue weighted by molar-refractivity contribution is -0.116. The van der Waals surface area contributed by atoms with Crippen molar-refractivity contribution in [2.75, 3.05) is 47.5 Å². The normalized spacial score (nSPS) is 17.5. The summed E-state index contributed by atoms with van der Waals surface area (Å²) in [6.45, 7) is 2.47. The van der Waals surface area contributed by atoms with Crippen LogP contribution in [0.1, 0.15) is 15.9 Å². The lowest BCUT2D eigenvalue weighted by Gasteiger charge is -2.35. The average molecular weight is 540 g/mol. The van der Waals surface area contributed by atoms with Gasteiger partial charge in [-0.25, -0.2) is 13.4 Å². The molecule has 2 N–H and O–H groups in total. The standard InChI is InChI=1S/C26H26ClN5O4S/c27-20-5-3-4-18(14-20)16-37(35,36)17-23-25(33)30-22-15-19(7-8-21(22)29-23)26(34)32-12-10-31(11-13-32)24-6-1-2-9-28-24/h1-9,14-15,23,29H,10-13,16-17H2,(H,30,33)/t23-/m0/s1. The van der Waals surface area contributed by atoms with Crippen LogP contribution in [-0.4, -0.2) is 68.1 Å². The maximum atomic E-state index is 13.1. The van der Waals surface area contributed by atoms with E-state index in [1.54, 1.807) is 53.6 Å². The number of halogens is 1. The first-order chi connectivity index (χ1) is 17.8. The van der Waals surface area contributed by atoms with E-state index in [0.717, 1.165) is 5.82 Å². The summed E-state index contributed by atoms with van der Waals surface area (Å²) >= 11 is 5.96. The number of rotatable bonds is 6. The Morgan fingerprint density at radius 2 is 1.81 bits per heavy atom. The SMILES string of the molecule is O=C1Nc2cc(C(=O)N3CCN(c4ccccn4)CC3)ccc2N[C@H]1CS(=O)(=O)Cc1cccc(Cl)c1. The summed E-state index contributed by atoms with van der Waals surface area (Å²) in [5, 5.41) is 6.23. The summed E-state index contributed by atoms with van der Waals surface area (Å²) in [4.78, 5) is 34.2. The van der Waals surface area contributed by atoms with Crippen LogP contribution >= 0.6 is 11.6 Å². The van der Waals surface area contributed by atoms with Gasteiger partial charge in [0, 0.05) is 43.0 Å². The number of carbonyl (C=O) groups excluding carboxylic acids is 2. The minimum atomic E-state index is -3.60. The van der Waals surface area contributed by atoms with Crippen LogP contribution in [0.2, 0.25) is 5.02 Å². The number of nitrogens with one attached hydrogen (secondary N) is 2. The number of anilines is 3. The fourth-order valence-electron chi connectivity index (χ4n) is 4.55. The van der Waals surface area contributed by atoms with Gasteiger partial charge in [0.2, 0.25) is 5.91 Å². The molecule has 1 atom stereocenters. The molecular weight excluding hydrogens is 514 g/mol. The van der Waals surface area contributed by atoms with Crippen molar-refractivity contribution in [3.05, 3.63) is 83.0 Å². The highest BCUT2D eigenvalue weighted by Gasteiger charge is 2.31. The van der Waals surface area contributed by atoms with Crippen LogP contribution in [0.3, 0.4) is 0 Å². The molecular formula is C26H26ClN5O4S. The third-order valence-electron chi connectivity index (χ3n) is 6.41. The van der Waals surface area contributed by atoms with Gasteiger partial charge in [0.25, 0.3) is 5.91 Å². The zero-order valence-corrected chi connectivity index (χ0v) is 21.5. The Morgan fingerprint density at radius 3 is 2.54 bits per heavy atom. The maximum absolute atomic E-state index is 13.1. The number of pyridine rings is 1. The molecule has 11 heteroatoms. The van der Waals surface area contributed by atoms with Crippen LogP contribution in [0.25, 0.3) is 0 Å². The van der Waals surface area contributed by atoms with Crippen molar-refractivity contribution >= 4 is 50.4 Å². The van der Waals surface area contributed by atoms with Crippen molar-refractivity contribution in [1.82, 2.24) is 9.88 Å². The van der Waals surface area contributed by atoms with Crippen molar-refractivity contribution < 1.29 is 18.0 Å². The van der Waals surface area contributed by atoms with E-state index in [9.17, 15) is 18.0 Å². The fraction of sp³-hybridized carbons (Fsp3) is 0.269. The van der Waals surface area contributed by atoms with Crippen LogP contribution in [0, 0.1) is 0 Å². The molecule has 0 radical (unpaired) electrons. The number of aromatic nitrogens is 1. The largest absolute Gasteiger partial charge is 0.371 e. The van der Waals surface area contributed by atoms with E-state index in [2.05, 4.69) is 20.5 Å². The van der Waals surface area contributed by atoms with E-state index >= 15 is 0 Å². The second-order valence-electron chi connectivity index (χ2n) is 9.10. The van der Waals surface area contributed by atoms with Crippen molar-refractivity contribution in [1.29, 1.82) is 0 Å². The molecule has 3 heterocycles. The van der Waals surface area contributed by atoms with Crippen molar-refractivity contribution in [2.45, 2.75) is 11.8 Å². The molecule has 0 unspecified atom stereocenters. The molecule has 1 fully saturated rings. The third kappa shape index (κ3) is 5.86. The van der Waals surface area contributed by atoms with Crippen molar-refractivity contribution in [3.8, 4) is 0 Å². The molecule has 3 aromatic rings. The monoisotopic (exact) mass is 539 g/mol. The highest BCUT2D eigenvalue weighted by molar-refractivity contribution is 7.90.